The van der Waals surface area contributed by atoms with Crippen LogP contribution in [-0.2, 0) is 6.54 Å². The molecule has 74 valence electrons. The molecule has 7 heteroatoms. The van der Waals surface area contributed by atoms with Gasteiger partial charge in [-0.25, -0.2) is 4.98 Å². The first-order chi connectivity index (χ1) is 6.74. The highest BCUT2D eigenvalue weighted by atomic mass is 35.5. The minimum atomic E-state index is 0.648. The zero-order chi connectivity index (χ0) is 9.97. The molecule has 2 aromatic rings. The monoisotopic (exact) mass is 246 g/mol. The summed E-state index contributed by atoms with van der Waals surface area (Å²) >= 11 is 8.72. The van der Waals surface area contributed by atoms with Crippen LogP contribution in [0, 0.1) is 6.92 Å². The molecule has 0 aliphatic heterocycles. The molecule has 0 atom stereocenters. The Hall–Kier alpha value is -0.720. The SMILES string of the molecule is Cc1nnc(CNc2ncc(Cl)s2)s1. The van der Waals surface area contributed by atoms with Gasteiger partial charge in [-0.2, -0.15) is 0 Å². The highest BCUT2D eigenvalue weighted by molar-refractivity contribution is 7.19. The fraction of sp³-hybridized carbons (Fsp3) is 0.286. The zero-order valence-corrected chi connectivity index (χ0v) is 9.71. The zero-order valence-electron chi connectivity index (χ0n) is 7.32. The molecule has 0 radical (unpaired) electrons. The molecule has 2 rings (SSSR count). The van der Waals surface area contributed by atoms with E-state index in [1.165, 1.54) is 11.3 Å². The van der Waals surface area contributed by atoms with Crippen LogP contribution in [-0.4, -0.2) is 15.2 Å². The third kappa shape index (κ3) is 2.40. The number of rotatable bonds is 3. The third-order valence-electron chi connectivity index (χ3n) is 1.44. The molecular formula is C7H7ClN4S2. The Labute approximate surface area is 94.0 Å². The fourth-order valence-corrected chi connectivity index (χ4v) is 2.35. The highest BCUT2D eigenvalue weighted by Gasteiger charge is 2.02. The molecule has 0 saturated heterocycles. The molecule has 0 bridgehead atoms. The molecule has 0 aliphatic rings. The minimum Gasteiger partial charge on any atom is -0.355 e. The Morgan fingerprint density at radius 1 is 1.43 bits per heavy atom. The molecule has 0 fully saturated rings. The first-order valence-electron chi connectivity index (χ1n) is 3.88. The van der Waals surface area contributed by atoms with Crippen molar-refractivity contribution in [1.82, 2.24) is 15.2 Å². The van der Waals surface area contributed by atoms with Gasteiger partial charge in [0, 0.05) is 0 Å². The van der Waals surface area contributed by atoms with E-state index in [1.807, 2.05) is 6.92 Å². The van der Waals surface area contributed by atoms with Crippen molar-refractivity contribution in [1.29, 1.82) is 0 Å². The maximum Gasteiger partial charge on any atom is 0.184 e. The van der Waals surface area contributed by atoms with Crippen LogP contribution < -0.4 is 5.32 Å². The summed E-state index contributed by atoms with van der Waals surface area (Å²) in [5, 5.41) is 13.8. The maximum absolute atomic E-state index is 5.74. The number of halogens is 1. The summed E-state index contributed by atoms with van der Waals surface area (Å²) in [6.45, 7) is 2.58. The number of hydrogen-bond donors (Lipinski definition) is 1. The van der Waals surface area contributed by atoms with E-state index in [9.17, 15) is 0 Å². The summed E-state index contributed by atoms with van der Waals surface area (Å²) < 4.78 is 0.681. The molecule has 1 N–H and O–H groups in total. The van der Waals surface area contributed by atoms with Crippen molar-refractivity contribution in [2.75, 3.05) is 5.32 Å². The summed E-state index contributed by atoms with van der Waals surface area (Å²) in [6.07, 6.45) is 1.62. The average Bonchev–Trinajstić information content (AvgIpc) is 2.72. The molecule has 0 aromatic carbocycles. The van der Waals surface area contributed by atoms with Crippen LogP contribution in [0.15, 0.2) is 6.20 Å². The lowest BCUT2D eigenvalue weighted by atomic mass is 10.7. The Balaban J connectivity index is 1.94. The van der Waals surface area contributed by atoms with Gasteiger partial charge in [-0.3, -0.25) is 0 Å². The van der Waals surface area contributed by atoms with Gasteiger partial charge in [0.15, 0.2) is 5.13 Å². The molecule has 14 heavy (non-hydrogen) atoms. The van der Waals surface area contributed by atoms with E-state index in [0.717, 1.165) is 15.1 Å². The number of thiazole rings is 1. The van der Waals surface area contributed by atoms with Gasteiger partial charge in [0.05, 0.1) is 12.7 Å². The Morgan fingerprint density at radius 2 is 2.29 bits per heavy atom. The predicted octanol–water partition coefficient (Wildman–Crippen LogP) is 2.57. The summed E-state index contributed by atoms with van der Waals surface area (Å²) in [7, 11) is 0. The molecule has 0 spiro atoms. The number of aryl methyl sites for hydroxylation is 1. The van der Waals surface area contributed by atoms with Crippen LogP contribution >= 0.6 is 34.3 Å². The van der Waals surface area contributed by atoms with Crippen molar-refractivity contribution in [3.63, 3.8) is 0 Å². The van der Waals surface area contributed by atoms with E-state index in [0.29, 0.717) is 10.9 Å². The maximum atomic E-state index is 5.74. The molecule has 0 aliphatic carbocycles. The minimum absolute atomic E-state index is 0.648. The van der Waals surface area contributed by atoms with Crippen LogP contribution in [0.25, 0.3) is 0 Å². The number of nitrogens with zero attached hydrogens (tertiary/aromatic N) is 3. The smallest absolute Gasteiger partial charge is 0.184 e. The quantitative estimate of drug-likeness (QED) is 0.905. The van der Waals surface area contributed by atoms with E-state index in [2.05, 4.69) is 20.5 Å². The van der Waals surface area contributed by atoms with Gasteiger partial charge in [0.25, 0.3) is 0 Å². The Kier molecular flexibility index (Phi) is 2.95. The highest BCUT2D eigenvalue weighted by Crippen LogP contribution is 2.23. The lowest BCUT2D eigenvalue weighted by Crippen LogP contribution is -1.97. The Morgan fingerprint density at radius 3 is 2.86 bits per heavy atom. The lowest BCUT2D eigenvalue weighted by molar-refractivity contribution is 0.969. The van der Waals surface area contributed by atoms with E-state index in [1.54, 1.807) is 17.5 Å². The molecule has 0 unspecified atom stereocenters. The number of aromatic nitrogens is 3. The summed E-state index contributed by atoms with van der Waals surface area (Å²) in [6, 6.07) is 0. The van der Waals surface area contributed by atoms with Gasteiger partial charge in [-0.15, -0.1) is 10.2 Å². The van der Waals surface area contributed by atoms with Gasteiger partial charge in [-0.1, -0.05) is 34.3 Å². The van der Waals surface area contributed by atoms with Gasteiger partial charge in [0.2, 0.25) is 0 Å². The molecule has 0 saturated carbocycles. The Bertz CT molecular complexity index is 385. The predicted molar refractivity (Wildman–Crippen MR) is 59.1 cm³/mol. The van der Waals surface area contributed by atoms with Crippen molar-refractivity contribution in [3.05, 3.63) is 20.5 Å². The van der Waals surface area contributed by atoms with E-state index in [4.69, 9.17) is 11.6 Å². The van der Waals surface area contributed by atoms with Crippen LogP contribution in [0.1, 0.15) is 10.0 Å². The fourth-order valence-electron chi connectivity index (χ4n) is 0.896. The number of anilines is 1. The summed E-state index contributed by atoms with van der Waals surface area (Å²) in [5.41, 5.74) is 0. The standard InChI is InChI=1S/C7H7ClN4S2/c1-4-11-12-6(13-4)3-10-7-9-2-5(8)14-7/h2H,3H2,1H3,(H,9,10). The lowest BCUT2D eigenvalue weighted by Gasteiger charge is -1.96. The molecular weight excluding hydrogens is 240 g/mol. The van der Waals surface area contributed by atoms with Gasteiger partial charge >= 0.3 is 0 Å². The third-order valence-corrected chi connectivity index (χ3v) is 3.35. The van der Waals surface area contributed by atoms with Gasteiger partial charge < -0.3 is 5.32 Å². The normalized spacial score (nSPS) is 10.4. The second-order valence-corrected chi connectivity index (χ2v) is 5.47. The van der Waals surface area contributed by atoms with Crippen LogP contribution in [0.4, 0.5) is 5.13 Å². The second kappa shape index (κ2) is 4.20. The second-order valence-electron chi connectivity index (χ2n) is 2.54. The summed E-state index contributed by atoms with van der Waals surface area (Å²) in [4.78, 5) is 4.07. The molecule has 2 aromatic heterocycles. The molecule has 0 amide bonds. The number of hydrogen-bond acceptors (Lipinski definition) is 6. The molecule has 4 nitrogen and oxygen atoms in total. The summed E-state index contributed by atoms with van der Waals surface area (Å²) in [5.74, 6) is 0. The van der Waals surface area contributed by atoms with E-state index < -0.39 is 0 Å². The van der Waals surface area contributed by atoms with Gasteiger partial charge in [0.1, 0.15) is 14.4 Å². The van der Waals surface area contributed by atoms with E-state index in [-0.39, 0.29) is 0 Å². The van der Waals surface area contributed by atoms with Crippen LogP contribution in [0.2, 0.25) is 4.34 Å². The molecule has 2 heterocycles. The largest absolute Gasteiger partial charge is 0.355 e. The van der Waals surface area contributed by atoms with Crippen molar-refractivity contribution >= 4 is 39.4 Å². The topological polar surface area (TPSA) is 50.7 Å². The number of nitrogens with one attached hydrogen (secondary N) is 1. The van der Waals surface area contributed by atoms with E-state index >= 15 is 0 Å². The van der Waals surface area contributed by atoms with Gasteiger partial charge in [-0.05, 0) is 6.92 Å². The van der Waals surface area contributed by atoms with Crippen molar-refractivity contribution in [2.24, 2.45) is 0 Å². The average molecular weight is 247 g/mol. The van der Waals surface area contributed by atoms with Crippen molar-refractivity contribution < 1.29 is 0 Å². The van der Waals surface area contributed by atoms with Crippen molar-refractivity contribution in [3.8, 4) is 0 Å². The van der Waals surface area contributed by atoms with Crippen LogP contribution in [0.5, 0.6) is 0 Å². The first kappa shape index (κ1) is 9.82. The van der Waals surface area contributed by atoms with Crippen molar-refractivity contribution in [2.45, 2.75) is 13.5 Å². The first-order valence-corrected chi connectivity index (χ1v) is 5.89. The van der Waals surface area contributed by atoms with Crippen LogP contribution in [0.3, 0.4) is 0 Å².